The lowest BCUT2D eigenvalue weighted by atomic mass is 10.0. The molecule has 1 aliphatic heterocycles. The van der Waals surface area contributed by atoms with E-state index < -0.39 is 10.0 Å². The fourth-order valence-corrected chi connectivity index (χ4v) is 3.22. The highest BCUT2D eigenvalue weighted by Gasteiger charge is 2.24. The third kappa shape index (κ3) is 4.04. The molecule has 0 saturated carbocycles. The molecule has 1 aromatic rings. The van der Waals surface area contributed by atoms with Crippen LogP contribution in [-0.2, 0) is 10.0 Å². The van der Waals surface area contributed by atoms with Gasteiger partial charge >= 0.3 is 0 Å². The lowest BCUT2D eigenvalue weighted by molar-refractivity contribution is 0.246. The largest absolute Gasteiger partial charge is 0.295 e. The number of nitrogens with one attached hydrogen (secondary N) is 1. The van der Waals surface area contributed by atoms with E-state index in [-0.39, 0.29) is 11.8 Å². The van der Waals surface area contributed by atoms with Crippen molar-refractivity contribution in [2.45, 2.75) is 32.7 Å². The summed E-state index contributed by atoms with van der Waals surface area (Å²) in [6, 6.07) is 8.54. The van der Waals surface area contributed by atoms with Gasteiger partial charge in [-0.3, -0.25) is 4.90 Å². The van der Waals surface area contributed by atoms with Gasteiger partial charge in [-0.1, -0.05) is 29.8 Å². The summed E-state index contributed by atoms with van der Waals surface area (Å²) < 4.78 is 26.1. The Kier molecular flexibility index (Phi) is 5.18. The molecule has 1 atom stereocenters. The normalized spacial score (nSPS) is 18.3. The van der Waals surface area contributed by atoms with E-state index in [9.17, 15) is 8.42 Å². The van der Waals surface area contributed by atoms with Crippen molar-refractivity contribution in [2.24, 2.45) is 0 Å². The highest BCUT2D eigenvalue weighted by molar-refractivity contribution is 7.89. The summed E-state index contributed by atoms with van der Waals surface area (Å²) in [5.74, 6) is 0.133. The Balaban J connectivity index is 2.14. The number of aryl methyl sites for hydroxylation is 1. The van der Waals surface area contributed by atoms with Crippen LogP contribution < -0.4 is 4.72 Å². The molecule has 1 N–H and O–H groups in total. The molecular weight excluding hydrogens is 272 g/mol. The summed E-state index contributed by atoms with van der Waals surface area (Å²) in [5, 5.41) is 0. The van der Waals surface area contributed by atoms with Gasteiger partial charge in [-0.15, -0.1) is 0 Å². The second kappa shape index (κ2) is 6.70. The SMILES string of the molecule is CCS(=O)(=O)NCC(c1ccc(C)cc1)N1CCCC1. The summed E-state index contributed by atoms with van der Waals surface area (Å²) in [4.78, 5) is 2.38. The van der Waals surface area contributed by atoms with Gasteiger partial charge in [-0.2, -0.15) is 0 Å². The Labute approximate surface area is 122 Å². The molecule has 1 aromatic carbocycles. The van der Waals surface area contributed by atoms with Crippen LogP contribution in [0.3, 0.4) is 0 Å². The van der Waals surface area contributed by atoms with Gasteiger partial charge in [0.2, 0.25) is 10.0 Å². The van der Waals surface area contributed by atoms with E-state index in [1.165, 1.54) is 24.0 Å². The molecule has 0 radical (unpaired) electrons. The quantitative estimate of drug-likeness (QED) is 0.874. The number of rotatable bonds is 6. The van der Waals surface area contributed by atoms with Crippen molar-refractivity contribution in [3.63, 3.8) is 0 Å². The number of nitrogens with zero attached hydrogens (tertiary/aromatic N) is 1. The first kappa shape index (κ1) is 15.5. The van der Waals surface area contributed by atoms with Gasteiger partial charge in [0, 0.05) is 12.6 Å². The molecule has 0 bridgehead atoms. The first-order valence-corrected chi connectivity index (χ1v) is 8.95. The second-order valence-corrected chi connectivity index (χ2v) is 7.52. The molecule has 1 aliphatic rings. The Hall–Kier alpha value is -0.910. The van der Waals surface area contributed by atoms with Crippen molar-refractivity contribution >= 4 is 10.0 Å². The van der Waals surface area contributed by atoms with Crippen molar-refractivity contribution in [3.05, 3.63) is 35.4 Å². The monoisotopic (exact) mass is 296 g/mol. The zero-order chi connectivity index (χ0) is 14.6. The molecule has 0 aliphatic carbocycles. The molecule has 1 saturated heterocycles. The lowest BCUT2D eigenvalue weighted by Crippen LogP contribution is -2.37. The summed E-state index contributed by atoms with van der Waals surface area (Å²) in [7, 11) is -3.14. The first-order chi connectivity index (χ1) is 9.52. The lowest BCUT2D eigenvalue weighted by Gasteiger charge is -2.28. The maximum Gasteiger partial charge on any atom is 0.211 e. The summed E-state index contributed by atoms with van der Waals surface area (Å²) in [5.41, 5.74) is 2.42. The maximum absolute atomic E-state index is 11.7. The number of likely N-dealkylation sites (tertiary alicyclic amines) is 1. The topological polar surface area (TPSA) is 49.4 Å². The van der Waals surface area contributed by atoms with E-state index in [1.54, 1.807) is 6.92 Å². The molecule has 0 spiro atoms. The molecule has 0 aromatic heterocycles. The van der Waals surface area contributed by atoms with Gasteiger partial charge < -0.3 is 0 Å². The minimum atomic E-state index is -3.14. The number of sulfonamides is 1. The van der Waals surface area contributed by atoms with E-state index in [4.69, 9.17) is 0 Å². The molecule has 1 unspecified atom stereocenters. The van der Waals surface area contributed by atoms with Crippen molar-refractivity contribution in [1.29, 1.82) is 0 Å². The molecule has 2 rings (SSSR count). The Morgan fingerprint density at radius 2 is 1.80 bits per heavy atom. The summed E-state index contributed by atoms with van der Waals surface area (Å²) >= 11 is 0. The summed E-state index contributed by atoms with van der Waals surface area (Å²) in [6.07, 6.45) is 2.39. The molecule has 4 nitrogen and oxygen atoms in total. The Morgan fingerprint density at radius 3 is 2.35 bits per heavy atom. The zero-order valence-electron chi connectivity index (χ0n) is 12.3. The van der Waals surface area contributed by atoms with Gasteiger partial charge in [0.1, 0.15) is 0 Å². The smallest absolute Gasteiger partial charge is 0.211 e. The molecule has 1 heterocycles. The molecule has 0 amide bonds. The average molecular weight is 296 g/mol. The van der Waals surface area contributed by atoms with Crippen LogP contribution in [0.1, 0.15) is 36.9 Å². The highest BCUT2D eigenvalue weighted by Crippen LogP contribution is 2.25. The Bertz CT molecular complexity index is 519. The van der Waals surface area contributed by atoms with Gasteiger partial charge in [-0.05, 0) is 45.3 Å². The van der Waals surface area contributed by atoms with Crippen LogP contribution in [0.2, 0.25) is 0 Å². The van der Waals surface area contributed by atoms with Crippen LogP contribution in [0.5, 0.6) is 0 Å². The van der Waals surface area contributed by atoms with Crippen LogP contribution in [0.15, 0.2) is 24.3 Å². The summed E-state index contributed by atoms with van der Waals surface area (Å²) in [6.45, 7) is 6.28. The van der Waals surface area contributed by atoms with Crippen LogP contribution >= 0.6 is 0 Å². The molecular formula is C15H24N2O2S. The van der Waals surface area contributed by atoms with Crippen LogP contribution in [-0.4, -0.2) is 38.7 Å². The first-order valence-electron chi connectivity index (χ1n) is 7.30. The zero-order valence-corrected chi connectivity index (χ0v) is 13.1. The predicted octanol–water partition coefficient (Wildman–Crippen LogP) is 2.07. The van der Waals surface area contributed by atoms with E-state index in [1.807, 2.05) is 0 Å². The van der Waals surface area contributed by atoms with E-state index in [0.29, 0.717) is 6.54 Å². The van der Waals surface area contributed by atoms with E-state index in [0.717, 1.165) is 13.1 Å². The third-order valence-electron chi connectivity index (χ3n) is 3.92. The molecule has 5 heteroatoms. The average Bonchev–Trinajstić information content (AvgIpc) is 2.95. The van der Waals surface area contributed by atoms with Crippen molar-refractivity contribution < 1.29 is 8.42 Å². The highest BCUT2D eigenvalue weighted by atomic mass is 32.2. The van der Waals surface area contributed by atoms with Crippen molar-refractivity contribution in [1.82, 2.24) is 9.62 Å². The number of hydrogen-bond acceptors (Lipinski definition) is 3. The van der Waals surface area contributed by atoms with Crippen LogP contribution in [0.4, 0.5) is 0 Å². The van der Waals surface area contributed by atoms with Crippen LogP contribution in [0.25, 0.3) is 0 Å². The maximum atomic E-state index is 11.7. The predicted molar refractivity (Wildman–Crippen MR) is 82.2 cm³/mol. The van der Waals surface area contributed by atoms with Crippen LogP contribution in [0, 0.1) is 6.92 Å². The van der Waals surface area contributed by atoms with Gasteiger partial charge in [0.25, 0.3) is 0 Å². The Morgan fingerprint density at radius 1 is 1.20 bits per heavy atom. The van der Waals surface area contributed by atoms with Crippen molar-refractivity contribution in [2.75, 3.05) is 25.4 Å². The molecule has 20 heavy (non-hydrogen) atoms. The van der Waals surface area contributed by atoms with Gasteiger partial charge in [-0.25, -0.2) is 13.1 Å². The standard InChI is InChI=1S/C15H24N2O2S/c1-3-20(18,19)16-12-15(17-10-4-5-11-17)14-8-6-13(2)7-9-14/h6-9,15-16H,3-5,10-12H2,1-2H3. The molecule has 112 valence electrons. The number of hydrogen-bond donors (Lipinski definition) is 1. The fraction of sp³-hybridized carbons (Fsp3) is 0.600. The van der Waals surface area contributed by atoms with Gasteiger partial charge in [0.05, 0.1) is 5.75 Å². The number of benzene rings is 1. The van der Waals surface area contributed by atoms with E-state index in [2.05, 4.69) is 40.8 Å². The minimum absolute atomic E-state index is 0.133. The van der Waals surface area contributed by atoms with Gasteiger partial charge in [0.15, 0.2) is 0 Å². The minimum Gasteiger partial charge on any atom is -0.295 e. The fourth-order valence-electron chi connectivity index (χ4n) is 2.61. The third-order valence-corrected chi connectivity index (χ3v) is 5.29. The second-order valence-electron chi connectivity index (χ2n) is 5.42. The van der Waals surface area contributed by atoms with E-state index >= 15 is 0 Å². The molecule has 1 fully saturated rings. The van der Waals surface area contributed by atoms with Crippen molar-refractivity contribution in [3.8, 4) is 0 Å².